The molecule has 3 aliphatic heterocycles. The number of anilines is 1. The highest BCUT2D eigenvalue weighted by Crippen LogP contribution is 2.33. The number of ether oxygens (including phenoxy) is 1. The molecule has 15 rings (SSSR count). The number of piperazine rings is 2. The molecule has 3 fully saturated rings. The summed E-state index contributed by atoms with van der Waals surface area (Å²) in [6, 6.07) is 52.0. The molecule has 0 radical (unpaired) electrons. The van der Waals surface area contributed by atoms with Crippen molar-refractivity contribution in [2.45, 2.75) is 33.2 Å². The lowest BCUT2D eigenvalue weighted by atomic mass is 10.1. The predicted octanol–water partition coefficient (Wildman–Crippen LogP) is 12.2. The van der Waals surface area contributed by atoms with Gasteiger partial charge in [0.2, 0.25) is 17.7 Å². The predicted molar refractivity (Wildman–Crippen MR) is 397 cm³/mol. The summed E-state index contributed by atoms with van der Waals surface area (Å²) < 4.78 is 22.6. The molecule has 104 heavy (non-hydrogen) atoms. The molecule has 530 valence electrons. The molecule has 0 bridgehead atoms. The Morgan fingerprint density at radius 3 is 1.27 bits per heavy atom. The van der Waals surface area contributed by atoms with Crippen molar-refractivity contribution in [3.05, 3.63) is 217 Å². The number of nitrogen functional groups attached to an aromatic ring is 1. The number of likely N-dealkylation sites (tertiary alicyclic amines) is 1. The van der Waals surface area contributed by atoms with Gasteiger partial charge in [0.25, 0.3) is 29.5 Å². The average molecular weight is 1400 g/mol. The quantitative estimate of drug-likeness (QED) is 0.0997. The van der Waals surface area contributed by atoms with E-state index in [1.165, 1.54) is 0 Å². The molecule has 26 heteroatoms. The summed E-state index contributed by atoms with van der Waals surface area (Å²) in [6.07, 6.45) is 5.69. The van der Waals surface area contributed by atoms with E-state index >= 15 is 0 Å². The van der Waals surface area contributed by atoms with Crippen LogP contribution < -0.4 is 5.73 Å². The van der Waals surface area contributed by atoms with Crippen LogP contribution in [0.2, 0.25) is 0 Å². The average Bonchev–Trinajstić information content (AvgIpc) is 1.33. The fraction of sp³-hybridized carbons (Fsp3) is 0.244. The lowest BCUT2D eigenvalue weighted by molar-refractivity contribution is 0.0570. The number of aromatic nitrogens is 12. The van der Waals surface area contributed by atoms with E-state index in [0.29, 0.717) is 114 Å². The third-order valence-electron chi connectivity index (χ3n) is 18.2. The standard InChI is InChI=1S/C27H26N6O4.C26H26N6O.C25H25N7O2.2H2/c1-3-36-27(35)33-15-13-32(14-16-33)26(34)21-11-9-19(10-12-21)22-17-28-18(2)23(29-22)25-31-30-24(37-25)20-7-5-4-6-8-20;1-18-24(26-30-29-25(33-26)22-7-5-4-6-8-22)28-23(17-27-18)21-11-9-20(10-12-21)19(2)32-15-13-31(3)14-16-32;1-31(2)19-12-13-32(15-19)25(33)18-10-8-16(9-11-18)20-14-27-22(26)21(28-20)24-30-29-23(34-24)17-6-4-3-5-7-17;;/h4-12,17H,3,13-16H2,1-2H3;4-12,17H,2,13-16H2,1,3H3;3-11,14,19H,12-13,15H2,1-2H3,(H2,26,27);2*1H/t;;19-;;/m..0../s1. The van der Waals surface area contributed by atoms with Gasteiger partial charge < -0.3 is 53.1 Å². The Labute approximate surface area is 604 Å². The first-order chi connectivity index (χ1) is 50.6. The summed E-state index contributed by atoms with van der Waals surface area (Å²) in [5.41, 5.74) is 19.3. The van der Waals surface area contributed by atoms with Crippen LogP contribution in [-0.4, -0.2) is 207 Å². The second-order valence-corrected chi connectivity index (χ2v) is 25.3. The first-order valence-electron chi connectivity index (χ1n) is 34.2. The van der Waals surface area contributed by atoms with Gasteiger partial charge in [0.05, 0.1) is 53.7 Å². The lowest BCUT2D eigenvalue weighted by Crippen LogP contribution is -2.50. The topological polar surface area (TPSA) is 300 Å². The summed E-state index contributed by atoms with van der Waals surface area (Å²) in [5, 5.41) is 24.9. The van der Waals surface area contributed by atoms with E-state index in [1.807, 2.05) is 160 Å². The number of carbonyl (C=O) groups is 3. The number of nitrogens with zero attached hydrogens (tertiary/aromatic N) is 18. The van der Waals surface area contributed by atoms with Crippen molar-refractivity contribution < 1.29 is 35.2 Å². The van der Waals surface area contributed by atoms with Crippen LogP contribution in [0.5, 0.6) is 0 Å². The maximum atomic E-state index is 13.0. The lowest BCUT2D eigenvalue weighted by Gasteiger charge is -2.35. The van der Waals surface area contributed by atoms with Crippen LogP contribution in [0.3, 0.4) is 0 Å². The monoisotopic (exact) mass is 1400 g/mol. The highest BCUT2D eigenvalue weighted by Gasteiger charge is 2.30. The Bertz CT molecular complexity index is 4960. The van der Waals surface area contributed by atoms with Crippen molar-refractivity contribution >= 4 is 29.4 Å². The highest BCUT2D eigenvalue weighted by molar-refractivity contribution is 5.95. The minimum atomic E-state index is -0.339. The summed E-state index contributed by atoms with van der Waals surface area (Å²) in [6.45, 7) is 17.6. The summed E-state index contributed by atoms with van der Waals surface area (Å²) in [4.78, 5) is 77.3. The number of benzene rings is 6. The van der Waals surface area contributed by atoms with Crippen molar-refractivity contribution in [2.24, 2.45) is 0 Å². The van der Waals surface area contributed by atoms with E-state index in [-0.39, 0.29) is 32.5 Å². The van der Waals surface area contributed by atoms with Crippen molar-refractivity contribution in [1.29, 1.82) is 0 Å². The molecular weight excluding hydrogens is 1310 g/mol. The van der Waals surface area contributed by atoms with Crippen LogP contribution in [0.25, 0.3) is 109 Å². The summed E-state index contributed by atoms with van der Waals surface area (Å²) in [5.74, 6) is 2.26. The second kappa shape index (κ2) is 32.0. The van der Waals surface area contributed by atoms with Gasteiger partial charge in [-0.05, 0) is 115 Å². The van der Waals surface area contributed by atoms with E-state index in [9.17, 15) is 14.4 Å². The molecule has 0 unspecified atom stereocenters. The van der Waals surface area contributed by atoms with Gasteiger partial charge in [0, 0.05) is 125 Å². The van der Waals surface area contributed by atoms with Crippen molar-refractivity contribution in [3.8, 4) is 103 Å². The number of likely N-dealkylation sites (N-methyl/N-ethyl adjacent to an activating group) is 2. The van der Waals surface area contributed by atoms with Crippen LogP contribution in [0, 0.1) is 13.8 Å². The normalized spacial score (nSPS) is 14.5. The first-order valence-corrected chi connectivity index (χ1v) is 34.2. The van der Waals surface area contributed by atoms with Crippen molar-refractivity contribution in [1.82, 2.24) is 89.9 Å². The van der Waals surface area contributed by atoms with Crippen LogP contribution in [0.15, 0.2) is 202 Å². The molecular formula is C78H81N19O7. The van der Waals surface area contributed by atoms with E-state index in [2.05, 4.69) is 103 Å². The Hall–Kier alpha value is -12.6. The number of hydrogen-bond donors (Lipinski definition) is 1. The molecule has 0 aliphatic carbocycles. The van der Waals surface area contributed by atoms with E-state index in [0.717, 1.165) is 102 Å². The van der Waals surface area contributed by atoms with Crippen molar-refractivity contribution in [2.75, 3.05) is 98.9 Å². The molecule has 3 aliphatic rings. The Kier molecular flexibility index (Phi) is 21.5. The highest BCUT2D eigenvalue weighted by atomic mass is 16.6. The number of hydrogen-bond acceptors (Lipinski definition) is 23. The first kappa shape index (κ1) is 69.9. The molecule has 2 N–H and O–H groups in total. The fourth-order valence-corrected chi connectivity index (χ4v) is 12.0. The minimum absolute atomic E-state index is 0. The third-order valence-corrected chi connectivity index (χ3v) is 18.2. The van der Waals surface area contributed by atoms with Crippen LogP contribution >= 0.6 is 0 Å². The van der Waals surface area contributed by atoms with Gasteiger partial charge in [0.1, 0.15) is 11.4 Å². The molecule has 1 atom stereocenters. The minimum Gasteiger partial charge on any atom is -0.450 e. The maximum Gasteiger partial charge on any atom is 0.409 e. The third kappa shape index (κ3) is 16.3. The van der Waals surface area contributed by atoms with Gasteiger partial charge in [-0.25, -0.2) is 24.7 Å². The maximum absolute atomic E-state index is 13.0. The number of nitrogens with two attached hydrogens (primary N) is 1. The number of carbonyl (C=O) groups excluding carboxylic acids is 3. The zero-order valence-electron chi connectivity index (χ0n) is 58.6. The van der Waals surface area contributed by atoms with Gasteiger partial charge in [-0.3, -0.25) is 19.6 Å². The zero-order valence-corrected chi connectivity index (χ0v) is 58.6. The second-order valence-electron chi connectivity index (χ2n) is 25.3. The molecule has 9 heterocycles. The molecule has 3 saturated heterocycles. The van der Waals surface area contributed by atoms with Gasteiger partial charge in [-0.15, -0.1) is 30.6 Å². The van der Waals surface area contributed by atoms with Gasteiger partial charge in [0.15, 0.2) is 11.5 Å². The molecule has 0 saturated carbocycles. The Balaban J connectivity index is 0.000000157. The van der Waals surface area contributed by atoms with E-state index in [4.69, 9.17) is 33.7 Å². The molecule has 3 amide bonds. The fourth-order valence-electron chi connectivity index (χ4n) is 12.0. The van der Waals surface area contributed by atoms with Crippen LogP contribution in [0.4, 0.5) is 10.6 Å². The zero-order chi connectivity index (χ0) is 72.2. The SMILES string of the molecule is C=C(c1ccc(-c2cnc(C)c(-c3nnc(-c4ccccc4)o3)n2)cc1)N1CCN(C)CC1.CCOC(=O)N1CCN(C(=O)c2ccc(-c3cnc(C)c(-c4nnc(-c5ccccc5)o4)n3)cc2)CC1.CN(C)[C@H]1CCN(C(=O)c2ccc(-c3cnc(N)c(-c4nnc(-c5ccccc5)o4)n3)cc2)C1.[HH].[HH]. The number of amides is 3. The smallest absolute Gasteiger partial charge is 0.409 e. The molecule has 12 aromatic rings. The van der Waals surface area contributed by atoms with Crippen LogP contribution in [-0.2, 0) is 4.74 Å². The van der Waals surface area contributed by atoms with Gasteiger partial charge in [-0.2, -0.15) is 0 Å². The largest absolute Gasteiger partial charge is 0.450 e. The molecule has 6 aromatic heterocycles. The number of aryl methyl sites for hydroxylation is 2. The van der Waals surface area contributed by atoms with Gasteiger partial charge in [-0.1, -0.05) is 110 Å². The van der Waals surface area contributed by atoms with Gasteiger partial charge >= 0.3 is 6.09 Å². The number of rotatable bonds is 15. The molecule has 6 aromatic carbocycles. The van der Waals surface area contributed by atoms with Crippen molar-refractivity contribution in [3.63, 3.8) is 0 Å². The van der Waals surface area contributed by atoms with E-state index in [1.54, 1.807) is 47.4 Å². The summed E-state index contributed by atoms with van der Waals surface area (Å²) >= 11 is 0. The molecule has 26 nitrogen and oxygen atoms in total. The Morgan fingerprint density at radius 1 is 0.471 bits per heavy atom. The van der Waals surface area contributed by atoms with Crippen LogP contribution in [0.1, 0.15) is 53.9 Å². The van der Waals surface area contributed by atoms with E-state index < -0.39 is 0 Å². The molecule has 0 spiro atoms. The summed E-state index contributed by atoms with van der Waals surface area (Å²) in [7, 11) is 6.25. The Morgan fingerprint density at radius 2 is 0.846 bits per heavy atom.